The quantitative estimate of drug-likeness (QED) is 0.708. The van der Waals surface area contributed by atoms with Gasteiger partial charge in [0.15, 0.2) is 0 Å². The predicted octanol–water partition coefficient (Wildman–Crippen LogP) is 3.61. The van der Waals surface area contributed by atoms with Gasteiger partial charge in [0.1, 0.15) is 6.07 Å². The van der Waals surface area contributed by atoms with Gasteiger partial charge in [-0.1, -0.05) is 18.2 Å². The number of fused-ring (bicyclic) bond motifs is 1. The normalized spacial score (nSPS) is 10.2. The lowest BCUT2D eigenvalue weighted by Gasteiger charge is -2.06. The van der Waals surface area contributed by atoms with E-state index in [0.717, 1.165) is 10.1 Å². The zero-order valence-electron chi connectivity index (χ0n) is 11.0. The van der Waals surface area contributed by atoms with Crippen LogP contribution in [0.15, 0.2) is 48.5 Å². The summed E-state index contributed by atoms with van der Waals surface area (Å²) in [6, 6.07) is 16.5. The number of nitrogens with two attached hydrogens (primary N) is 1. The van der Waals surface area contributed by atoms with E-state index in [0.29, 0.717) is 21.8 Å². The Morgan fingerprint density at radius 2 is 2.00 bits per heavy atom. The molecule has 5 heteroatoms. The van der Waals surface area contributed by atoms with E-state index in [1.54, 1.807) is 18.2 Å². The molecule has 0 atom stereocenters. The minimum atomic E-state index is -0.225. The molecule has 21 heavy (non-hydrogen) atoms. The van der Waals surface area contributed by atoms with Gasteiger partial charge in [-0.05, 0) is 35.7 Å². The van der Waals surface area contributed by atoms with Crippen molar-refractivity contribution in [3.8, 4) is 6.07 Å². The van der Waals surface area contributed by atoms with Crippen molar-refractivity contribution in [2.45, 2.75) is 0 Å². The molecule has 2 aromatic carbocycles. The van der Waals surface area contributed by atoms with Crippen LogP contribution in [0.3, 0.4) is 0 Å². The van der Waals surface area contributed by atoms with Crippen LogP contribution in [0.4, 0.5) is 11.4 Å². The third-order valence-corrected chi connectivity index (χ3v) is 4.18. The SMILES string of the molecule is N#Cc1cc(N)ccc1NC(=O)c1cc2ccccc2s1. The third-order valence-electron chi connectivity index (χ3n) is 3.06. The lowest BCUT2D eigenvalue weighted by Crippen LogP contribution is -2.11. The van der Waals surface area contributed by atoms with E-state index in [1.165, 1.54) is 11.3 Å². The largest absolute Gasteiger partial charge is 0.399 e. The summed E-state index contributed by atoms with van der Waals surface area (Å²) in [6.45, 7) is 0. The number of hydrogen-bond donors (Lipinski definition) is 2. The average molecular weight is 293 g/mol. The number of anilines is 2. The Bertz CT molecular complexity index is 844. The van der Waals surface area contributed by atoms with Crippen molar-refractivity contribution in [3.05, 3.63) is 59.0 Å². The molecule has 0 saturated heterocycles. The van der Waals surface area contributed by atoms with Crippen molar-refractivity contribution in [1.82, 2.24) is 0 Å². The van der Waals surface area contributed by atoms with Gasteiger partial charge in [0.05, 0.1) is 16.1 Å². The van der Waals surface area contributed by atoms with Gasteiger partial charge in [0, 0.05) is 10.4 Å². The van der Waals surface area contributed by atoms with Crippen LogP contribution >= 0.6 is 11.3 Å². The molecule has 3 N–H and O–H groups in total. The standard InChI is InChI=1S/C16H11N3OS/c17-9-11-7-12(18)5-6-13(11)19-16(20)15-8-10-3-1-2-4-14(10)21-15/h1-8H,18H2,(H,19,20). The van der Waals surface area contributed by atoms with Crippen LogP contribution in [0.1, 0.15) is 15.2 Å². The molecule has 0 aliphatic carbocycles. The van der Waals surface area contributed by atoms with Crippen molar-refractivity contribution in [3.63, 3.8) is 0 Å². The lowest BCUT2D eigenvalue weighted by molar-refractivity contribution is 0.103. The molecule has 1 heterocycles. The number of thiophene rings is 1. The summed E-state index contributed by atoms with van der Waals surface area (Å²) in [7, 11) is 0. The first-order valence-electron chi connectivity index (χ1n) is 6.27. The second kappa shape index (κ2) is 5.27. The number of benzene rings is 2. The van der Waals surface area contributed by atoms with E-state index in [2.05, 4.69) is 5.32 Å². The summed E-state index contributed by atoms with van der Waals surface area (Å²) in [6.07, 6.45) is 0. The van der Waals surface area contributed by atoms with E-state index in [1.807, 2.05) is 36.4 Å². The fraction of sp³-hybridized carbons (Fsp3) is 0. The van der Waals surface area contributed by atoms with Gasteiger partial charge in [-0.2, -0.15) is 5.26 Å². The van der Waals surface area contributed by atoms with Crippen LogP contribution in [0.5, 0.6) is 0 Å². The van der Waals surface area contributed by atoms with Crippen molar-refractivity contribution in [1.29, 1.82) is 5.26 Å². The van der Waals surface area contributed by atoms with Gasteiger partial charge in [-0.3, -0.25) is 4.79 Å². The second-order valence-corrected chi connectivity index (χ2v) is 5.60. The monoisotopic (exact) mass is 293 g/mol. The lowest BCUT2D eigenvalue weighted by atomic mass is 10.1. The van der Waals surface area contributed by atoms with Crippen LogP contribution < -0.4 is 11.1 Å². The highest BCUT2D eigenvalue weighted by Gasteiger charge is 2.12. The molecule has 0 fully saturated rings. The Morgan fingerprint density at radius 3 is 2.76 bits per heavy atom. The number of hydrogen-bond acceptors (Lipinski definition) is 4. The zero-order valence-corrected chi connectivity index (χ0v) is 11.8. The number of carbonyl (C=O) groups excluding carboxylic acids is 1. The molecule has 102 valence electrons. The molecule has 1 aromatic heterocycles. The fourth-order valence-electron chi connectivity index (χ4n) is 2.04. The molecule has 3 rings (SSSR count). The third kappa shape index (κ3) is 2.57. The maximum absolute atomic E-state index is 12.3. The van der Waals surface area contributed by atoms with Gasteiger partial charge >= 0.3 is 0 Å². The molecule has 3 aromatic rings. The van der Waals surface area contributed by atoms with Gasteiger partial charge in [0.25, 0.3) is 5.91 Å². The Kier molecular flexibility index (Phi) is 3.30. The molecule has 0 saturated carbocycles. The minimum absolute atomic E-state index is 0.225. The van der Waals surface area contributed by atoms with E-state index >= 15 is 0 Å². The highest BCUT2D eigenvalue weighted by molar-refractivity contribution is 7.20. The number of amides is 1. The molecule has 4 nitrogen and oxygen atoms in total. The first-order chi connectivity index (χ1) is 10.2. The summed E-state index contributed by atoms with van der Waals surface area (Å²) in [5, 5.41) is 12.9. The van der Waals surface area contributed by atoms with E-state index < -0.39 is 0 Å². The summed E-state index contributed by atoms with van der Waals surface area (Å²) in [5.41, 5.74) is 6.94. The van der Waals surface area contributed by atoms with Crippen LogP contribution in [0.2, 0.25) is 0 Å². The van der Waals surface area contributed by atoms with E-state index in [9.17, 15) is 4.79 Å². The Balaban J connectivity index is 1.91. The summed E-state index contributed by atoms with van der Waals surface area (Å²) < 4.78 is 1.06. The van der Waals surface area contributed by atoms with Crippen LogP contribution in [0.25, 0.3) is 10.1 Å². The molecular weight excluding hydrogens is 282 g/mol. The summed E-state index contributed by atoms with van der Waals surface area (Å²) >= 11 is 1.42. The summed E-state index contributed by atoms with van der Waals surface area (Å²) in [5.74, 6) is -0.225. The fourth-order valence-corrected chi connectivity index (χ4v) is 3.00. The summed E-state index contributed by atoms with van der Waals surface area (Å²) in [4.78, 5) is 12.9. The topological polar surface area (TPSA) is 78.9 Å². The number of nitriles is 1. The van der Waals surface area contributed by atoms with Gasteiger partial charge in [-0.25, -0.2) is 0 Å². The molecule has 0 bridgehead atoms. The van der Waals surface area contributed by atoms with Gasteiger partial charge in [-0.15, -0.1) is 11.3 Å². The Morgan fingerprint density at radius 1 is 1.19 bits per heavy atom. The first kappa shape index (κ1) is 13.2. The van der Waals surface area contributed by atoms with Crippen LogP contribution in [-0.4, -0.2) is 5.91 Å². The Labute approximate surface area is 125 Å². The predicted molar refractivity (Wildman–Crippen MR) is 85.3 cm³/mol. The highest BCUT2D eigenvalue weighted by Crippen LogP contribution is 2.26. The number of rotatable bonds is 2. The molecule has 0 radical (unpaired) electrons. The van der Waals surface area contributed by atoms with Crippen molar-refractivity contribution in [2.75, 3.05) is 11.1 Å². The number of nitrogens with zero attached hydrogens (tertiary/aromatic N) is 1. The van der Waals surface area contributed by atoms with Crippen molar-refractivity contribution < 1.29 is 4.79 Å². The first-order valence-corrected chi connectivity index (χ1v) is 7.08. The minimum Gasteiger partial charge on any atom is -0.399 e. The van der Waals surface area contributed by atoms with Crippen LogP contribution in [0, 0.1) is 11.3 Å². The second-order valence-electron chi connectivity index (χ2n) is 4.52. The Hall–Kier alpha value is -2.84. The smallest absolute Gasteiger partial charge is 0.265 e. The van der Waals surface area contributed by atoms with Crippen LogP contribution in [-0.2, 0) is 0 Å². The number of carbonyl (C=O) groups is 1. The van der Waals surface area contributed by atoms with E-state index in [-0.39, 0.29) is 5.91 Å². The van der Waals surface area contributed by atoms with Crippen molar-refractivity contribution >= 4 is 38.7 Å². The maximum atomic E-state index is 12.3. The van der Waals surface area contributed by atoms with E-state index in [4.69, 9.17) is 11.0 Å². The molecular formula is C16H11N3OS. The molecule has 0 aliphatic rings. The van der Waals surface area contributed by atoms with Crippen molar-refractivity contribution in [2.24, 2.45) is 0 Å². The van der Waals surface area contributed by atoms with Gasteiger partial charge < -0.3 is 11.1 Å². The molecule has 1 amide bonds. The maximum Gasteiger partial charge on any atom is 0.265 e. The zero-order chi connectivity index (χ0) is 14.8. The highest BCUT2D eigenvalue weighted by atomic mass is 32.1. The number of nitrogens with one attached hydrogen (secondary N) is 1. The number of nitrogen functional groups attached to an aromatic ring is 1. The molecule has 0 unspecified atom stereocenters. The average Bonchev–Trinajstić information content (AvgIpc) is 2.93. The molecule has 0 spiro atoms. The van der Waals surface area contributed by atoms with Gasteiger partial charge in [0.2, 0.25) is 0 Å². The molecule has 0 aliphatic heterocycles.